The number of phenols is 1. The standard InChI is InChI=1S/C7H3Br3O2/c8-4-1-3(2-11)7(12)6(10)5(4)9/h1-2,12H. The fourth-order valence-corrected chi connectivity index (χ4v) is 2.15. The van der Waals surface area contributed by atoms with Crippen molar-refractivity contribution in [2.45, 2.75) is 0 Å². The lowest BCUT2D eigenvalue weighted by Gasteiger charge is -2.04. The molecule has 64 valence electrons. The van der Waals surface area contributed by atoms with Crippen LogP contribution in [0, 0.1) is 0 Å². The van der Waals surface area contributed by atoms with E-state index in [1.165, 1.54) is 6.07 Å². The van der Waals surface area contributed by atoms with Crippen molar-refractivity contribution in [3.8, 4) is 5.75 Å². The Balaban J connectivity index is 3.49. The van der Waals surface area contributed by atoms with Gasteiger partial charge in [-0.25, -0.2) is 0 Å². The topological polar surface area (TPSA) is 37.3 Å². The quantitative estimate of drug-likeness (QED) is 0.616. The highest BCUT2D eigenvalue weighted by atomic mass is 79.9. The SMILES string of the molecule is O=Cc1cc(Br)c(Br)c(Br)c1O. The lowest BCUT2D eigenvalue weighted by molar-refractivity contribution is 0.112. The summed E-state index contributed by atoms with van der Waals surface area (Å²) in [5.74, 6) is -0.0555. The van der Waals surface area contributed by atoms with Crippen LogP contribution in [0.25, 0.3) is 0 Å². The molecule has 0 unspecified atom stereocenters. The smallest absolute Gasteiger partial charge is 0.153 e. The molecule has 0 aromatic heterocycles. The van der Waals surface area contributed by atoms with E-state index in [9.17, 15) is 9.90 Å². The first kappa shape index (κ1) is 10.2. The van der Waals surface area contributed by atoms with E-state index in [-0.39, 0.29) is 11.3 Å². The third kappa shape index (κ3) is 1.72. The first-order valence-corrected chi connectivity index (χ1v) is 5.27. The molecule has 1 N–H and O–H groups in total. The van der Waals surface area contributed by atoms with Gasteiger partial charge < -0.3 is 5.11 Å². The van der Waals surface area contributed by atoms with Crippen molar-refractivity contribution in [1.82, 2.24) is 0 Å². The third-order valence-electron chi connectivity index (χ3n) is 1.29. The summed E-state index contributed by atoms with van der Waals surface area (Å²) in [6.07, 6.45) is 0.595. The highest BCUT2D eigenvalue weighted by Crippen LogP contribution is 2.39. The fraction of sp³-hybridized carbons (Fsp3) is 0. The molecule has 0 fully saturated rings. The fourth-order valence-electron chi connectivity index (χ4n) is 0.694. The summed E-state index contributed by atoms with van der Waals surface area (Å²) in [5.41, 5.74) is 0.247. The van der Waals surface area contributed by atoms with Gasteiger partial charge in [-0.1, -0.05) is 0 Å². The maximum atomic E-state index is 10.4. The number of rotatable bonds is 1. The van der Waals surface area contributed by atoms with Crippen LogP contribution >= 0.6 is 47.8 Å². The summed E-state index contributed by atoms with van der Waals surface area (Å²) in [5, 5.41) is 9.37. The molecule has 0 bridgehead atoms. The number of benzene rings is 1. The Labute approximate surface area is 94.4 Å². The molecule has 0 aliphatic carbocycles. The molecule has 0 heterocycles. The number of aldehydes is 1. The highest BCUT2D eigenvalue weighted by molar-refractivity contribution is 9.14. The van der Waals surface area contributed by atoms with E-state index < -0.39 is 0 Å². The second-order valence-electron chi connectivity index (χ2n) is 2.04. The van der Waals surface area contributed by atoms with E-state index >= 15 is 0 Å². The van der Waals surface area contributed by atoms with E-state index in [4.69, 9.17) is 0 Å². The van der Waals surface area contributed by atoms with Crippen LogP contribution in [0.4, 0.5) is 0 Å². The molecule has 0 saturated heterocycles. The highest BCUT2D eigenvalue weighted by Gasteiger charge is 2.11. The maximum Gasteiger partial charge on any atom is 0.153 e. The van der Waals surface area contributed by atoms with Gasteiger partial charge in [-0.05, 0) is 53.9 Å². The number of aromatic hydroxyl groups is 1. The van der Waals surface area contributed by atoms with Crippen LogP contribution in [-0.2, 0) is 0 Å². The van der Waals surface area contributed by atoms with Gasteiger partial charge in [0.2, 0.25) is 0 Å². The van der Waals surface area contributed by atoms with Crippen LogP contribution in [0.2, 0.25) is 0 Å². The minimum absolute atomic E-state index is 0.0555. The lowest BCUT2D eigenvalue weighted by Crippen LogP contribution is -1.84. The van der Waals surface area contributed by atoms with Crippen molar-refractivity contribution >= 4 is 54.1 Å². The Morgan fingerprint density at radius 2 is 1.83 bits per heavy atom. The minimum atomic E-state index is -0.0555. The number of carbonyl (C=O) groups excluding carboxylic acids is 1. The van der Waals surface area contributed by atoms with Gasteiger partial charge in [-0.15, -0.1) is 0 Å². The summed E-state index contributed by atoms with van der Waals surface area (Å²) in [6.45, 7) is 0. The zero-order valence-corrected chi connectivity index (χ0v) is 10.4. The number of carbonyl (C=O) groups is 1. The molecule has 2 nitrogen and oxygen atoms in total. The maximum absolute atomic E-state index is 10.4. The summed E-state index contributed by atoms with van der Waals surface area (Å²) in [4.78, 5) is 10.4. The monoisotopic (exact) mass is 356 g/mol. The summed E-state index contributed by atoms with van der Waals surface area (Å²) < 4.78 is 1.87. The molecule has 1 aromatic rings. The van der Waals surface area contributed by atoms with Crippen molar-refractivity contribution in [3.63, 3.8) is 0 Å². The van der Waals surface area contributed by atoms with Gasteiger partial charge in [0, 0.05) is 8.95 Å². The molecule has 0 atom stereocenters. The first-order chi connectivity index (χ1) is 5.57. The Bertz CT molecular complexity index is 336. The molecule has 1 aromatic carbocycles. The Morgan fingerprint density at radius 3 is 2.33 bits per heavy atom. The van der Waals surface area contributed by atoms with E-state index in [1.807, 2.05) is 0 Å². The van der Waals surface area contributed by atoms with Gasteiger partial charge in [-0.2, -0.15) is 0 Å². The molecule has 0 radical (unpaired) electrons. The van der Waals surface area contributed by atoms with E-state index in [0.717, 1.165) is 0 Å². The van der Waals surface area contributed by atoms with Crippen LogP contribution in [0.5, 0.6) is 5.75 Å². The van der Waals surface area contributed by atoms with Crippen molar-refractivity contribution in [2.75, 3.05) is 0 Å². The number of phenolic OH excluding ortho intramolecular Hbond substituents is 1. The van der Waals surface area contributed by atoms with Crippen LogP contribution in [0.3, 0.4) is 0 Å². The molecule has 0 aliphatic rings. The largest absolute Gasteiger partial charge is 0.506 e. The predicted molar refractivity (Wildman–Crippen MR) is 56.6 cm³/mol. The van der Waals surface area contributed by atoms with Crippen molar-refractivity contribution in [2.24, 2.45) is 0 Å². The Morgan fingerprint density at radius 1 is 1.25 bits per heavy atom. The molecule has 0 amide bonds. The number of halogens is 3. The van der Waals surface area contributed by atoms with Crippen LogP contribution in [0.15, 0.2) is 19.5 Å². The average Bonchev–Trinajstić information content (AvgIpc) is 2.08. The summed E-state index contributed by atoms with van der Waals surface area (Å²) in [6, 6.07) is 1.54. The summed E-state index contributed by atoms with van der Waals surface area (Å²) in [7, 11) is 0. The predicted octanol–water partition coefficient (Wildman–Crippen LogP) is 3.49. The molecule has 1 rings (SSSR count). The van der Waals surface area contributed by atoms with E-state index in [0.29, 0.717) is 19.7 Å². The van der Waals surface area contributed by atoms with Crippen LogP contribution in [0.1, 0.15) is 10.4 Å². The second-order valence-corrected chi connectivity index (χ2v) is 4.48. The van der Waals surface area contributed by atoms with Gasteiger partial charge >= 0.3 is 0 Å². The van der Waals surface area contributed by atoms with Crippen molar-refractivity contribution in [3.05, 3.63) is 25.0 Å². The second kappa shape index (κ2) is 3.89. The first-order valence-electron chi connectivity index (χ1n) is 2.89. The molecule has 0 spiro atoms. The van der Waals surface area contributed by atoms with Gasteiger partial charge in [0.25, 0.3) is 0 Å². The molecular formula is C7H3Br3O2. The normalized spacial score (nSPS) is 9.92. The Kier molecular flexibility index (Phi) is 3.31. The van der Waals surface area contributed by atoms with Gasteiger partial charge in [0.05, 0.1) is 10.0 Å². The molecule has 12 heavy (non-hydrogen) atoms. The molecule has 0 saturated carbocycles. The molecule has 5 heteroatoms. The number of hydrogen-bond acceptors (Lipinski definition) is 2. The van der Waals surface area contributed by atoms with Crippen molar-refractivity contribution in [1.29, 1.82) is 0 Å². The van der Waals surface area contributed by atoms with Gasteiger partial charge in [0.1, 0.15) is 5.75 Å². The number of hydrogen-bond donors (Lipinski definition) is 1. The van der Waals surface area contributed by atoms with Gasteiger partial charge in [0.15, 0.2) is 6.29 Å². The minimum Gasteiger partial charge on any atom is -0.506 e. The van der Waals surface area contributed by atoms with E-state index in [1.54, 1.807) is 0 Å². The summed E-state index contributed by atoms with van der Waals surface area (Å²) >= 11 is 9.58. The van der Waals surface area contributed by atoms with Gasteiger partial charge in [-0.3, -0.25) is 4.79 Å². The van der Waals surface area contributed by atoms with Crippen molar-refractivity contribution < 1.29 is 9.90 Å². The Hall–Kier alpha value is 0.130. The van der Waals surface area contributed by atoms with E-state index in [2.05, 4.69) is 47.8 Å². The molecule has 0 aliphatic heterocycles. The van der Waals surface area contributed by atoms with Crippen LogP contribution < -0.4 is 0 Å². The average molecular weight is 359 g/mol. The zero-order chi connectivity index (χ0) is 9.30. The van der Waals surface area contributed by atoms with Crippen LogP contribution in [-0.4, -0.2) is 11.4 Å². The molecular weight excluding hydrogens is 356 g/mol. The zero-order valence-electron chi connectivity index (χ0n) is 5.64. The third-order valence-corrected chi connectivity index (χ3v) is 4.58. The lowest BCUT2D eigenvalue weighted by atomic mass is 10.2.